The third-order valence-corrected chi connectivity index (χ3v) is 5.08. The van der Waals surface area contributed by atoms with Crippen LogP contribution in [-0.4, -0.2) is 32.8 Å². The molecule has 0 spiro atoms. The Bertz CT molecular complexity index is 658. The molecule has 0 aliphatic carbocycles. The van der Waals surface area contributed by atoms with Crippen molar-refractivity contribution in [1.29, 1.82) is 0 Å². The van der Waals surface area contributed by atoms with E-state index >= 15 is 0 Å². The Morgan fingerprint density at radius 1 is 1.00 bits per heavy atom. The summed E-state index contributed by atoms with van der Waals surface area (Å²) in [6.07, 6.45) is 0. The lowest BCUT2D eigenvalue weighted by Gasteiger charge is -2.34. The van der Waals surface area contributed by atoms with Crippen molar-refractivity contribution in [1.82, 2.24) is 0 Å². The Hall–Kier alpha value is -2.00. The second-order valence-electron chi connectivity index (χ2n) is 6.71. The van der Waals surface area contributed by atoms with Gasteiger partial charge < -0.3 is 14.5 Å². The topological polar surface area (TPSA) is 16.9 Å². The van der Waals surface area contributed by atoms with Crippen molar-refractivity contribution in [2.24, 2.45) is 0 Å². The maximum Gasteiger partial charge on any atom is 0.119 e. The minimum absolute atomic E-state index is 0.727. The molecule has 0 unspecified atom stereocenters. The number of aryl methyl sites for hydroxylation is 1. The summed E-state index contributed by atoms with van der Waals surface area (Å²) >= 11 is 0. The second kappa shape index (κ2) is 7.71. The lowest BCUT2D eigenvalue weighted by atomic mass is 10.1. The monoisotopic (exact) mass is 325 g/mol. The van der Waals surface area contributed by atoms with E-state index in [1.54, 1.807) is 4.90 Å². The van der Waals surface area contributed by atoms with Gasteiger partial charge in [-0.1, -0.05) is 12.1 Å². The molecular formula is C21H29N2O+. The molecule has 0 aromatic heterocycles. The first kappa shape index (κ1) is 16.8. The number of nitrogens with zero attached hydrogens (tertiary/aromatic N) is 1. The highest BCUT2D eigenvalue weighted by Gasteiger charge is 2.21. The molecule has 2 aromatic carbocycles. The Morgan fingerprint density at radius 2 is 1.71 bits per heavy atom. The average Bonchev–Trinajstić information content (AvgIpc) is 2.60. The summed E-state index contributed by atoms with van der Waals surface area (Å²) < 4.78 is 5.52. The molecule has 1 heterocycles. The van der Waals surface area contributed by atoms with Gasteiger partial charge in [-0.3, -0.25) is 0 Å². The standard InChI is InChI=1S/C21H28N2O/c1-4-24-20-10-8-19(9-11-20)16-22-12-14-23(15-13-22)21-7-5-6-17(2)18(21)3/h5-11H,4,12-16H2,1-3H3/p+1. The predicted molar refractivity (Wildman–Crippen MR) is 100 cm³/mol. The normalized spacial score (nSPS) is 15.5. The van der Waals surface area contributed by atoms with E-state index in [-0.39, 0.29) is 0 Å². The maximum absolute atomic E-state index is 5.52. The van der Waals surface area contributed by atoms with Crippen LogP contribution in [0.25, 0.3) is 0 Å². The van der Waals surface area contributed by atoms with Crippen molar-refractivity contribution in [2.75, 3.05) is 37.7 Å². The molecule has 0 radical (unpaired) electrons. The van der Waals surface area contributed by atoms with E-state index in [0.717, 1.165) is 32.0 Å². The van der Waals surface area contributed by atoms with Crippen LogP contribution in [-0.2, 0) is 6.54 Å². The van der Waals surface area contributed by atoms with Crippen LogP contribution in [0.15, 0.2) is 42.5 Å². The zero-order valence-corrected chi connectivity index (χ0v) is 15.1. The molecule has 1 saturated heterocycles. The summed E-state index contributed by atoms with van der Waals surface area (Å²) in [4.78, 5) is 4.21. The SMILES string of the molecule is CCOc1ccc(C[NH+]2CCN(c3cccc(C)c3C)CC2)cc1. The van der Waals surface area contributed by atoms with Gasteiger partial charge in [-0.15, -0.1) is 0 Å². The molecule has 0 saturated carbocycles. The van der Waals surface area contributed by atoms with Gasteiger partial charge in [-0.25, -0.2) is 0 Å². The lowest BCUT2D eigenvalue weighted by molar-refractivity contribution is -0.914. The molecule has 3 nitrogen and oxygen atoms in total. The van der Waals surface area contributed by atoms with Crippen LogP contribution in [0.4, 0.5) is 5.69 Å². The molecule has 3 rings (SSSR count). The number of benzene rings is 2. The van der Waals surface area contributed by atoms with Crippen LogP contribution in [0.2, 0.25) is 0 Å². The minimum atomic E-state index is 0.727. The van der Waals surface area contributed by atoms with Crippen LogP contribution in [0, 0.1) is 13.8 Å². The predicted octanol–water partition coefficient (Wildman–Crippen LogP) is 2.61. The molecule has 24 heavy (non-hydrogen) atoms. The van der Waals surface area contributed by atoms with Gasteiger partial charge in [0.25, 0.3) is 0 Å². The Labute approximate surface area is 145 Å². The minimum Gasteiger partial charge on any atom is -0.494 e. The highest BCUT2D eigenvalue weighted by Crippen LogP contribution is 2.22. The molecular weight excluding hydrogens is 296 g/mol. The highest BCUT2D eigenvalue weighted by atomic mass is 16.5. The molecule has 1 fully saturated rings. The van der Waals surface area contributed by atoms with Gasteiger partial charge in [0.1, 0.15) is 12.3 Å². The van der Waals surface area contributed by atoms with Gasteiger partial charge in [0, 0.05) is 11.3 Å². The van der Waals surface area contributed by atoms with Crippen LogP contribution in [0.1, 0.15) is 23.6 Å². The number of ether oxygens (including phenoxy) is 1. The quantitative estimate of drug-likeness (QED) is 0.910. The van der Waals surface area contributed by atoms with E-state index in [2.05, 4.69) is 61.2 Å². The summed E-state index contributed by atoms with van der Waals surface area (Å²) in [5, 5.41) is 0. The number of rotatable bonds is 5. The number of hydrogen-bond donors (Lipinski definition) is 1. The third-order valence-electron chi connectivity index (χ3n) is 5.08. The van der Waals surface area contributed by atoms with Gasteiger partial charge >= 0.3 is 0 Å². The molecule has 1 aliphatic heterocycles. The molecule has 2 aromatic rings. The summed E-state index contributed by atoms with van der Waals surface area (Å²) in [7, 11) is 0. The third kappa shape index (κ3) is 3.90. The molecule has 128 valence electrons. The van der Waals surface area contributed by atoms with Crippen molar-refractivity contribution in [3.63, 3.8) is 0 Å². The zero-order chi connectivity index (χ0) is 16.9. The Morgan fingerprint density at radius 3 is 2.38 bits per heavy atom. The van der Waals surface area contributed by atoms with E-state index in [9.17, 15) is 0 Å². The second-order valence-corrected chi connectivity index (χ2v) is 6.71. The largest absolute Gasteiger partial charge is 0.494 e. The molecule has 0 amide bonds. The average molecular weight is 325 g/mol. The first-order chi connectivity index (χ1) is 11.7. The number of nitrogens with one attached hydrogen (secondary N) is 1. The molecule has 3 heteroatoms. The maximum atomic E-state index is 5.52. The number of quaternary nitrogens is 1. The Kier molecular flexibility index (Phi) is 5.41. The van der Waals surface area contributed by atoms with E-state index in [0.29, 0.717) is 0 Å². The zero-order valence-electron chi connectivity index (χ0n) is 15.1. The van der Waals surface area contributed by atoms with Crippen molar-refractivity contribution >= 4 is 5.69 Å². The van der Waals surface area contributed by atoms with Gasteiger partial charge in [-0.05, 0) is 62.2 Å². The van der Waals surface area contributed by atoms with Crippen molar-refractivity contribution in [3.8, 4) is 5.75 Å². The van der Waals surface area contributed by atoms with Crippen molar-refractivity contribution in [2.45, 2.75) is 27.3 Å². The summed E-state index contributed by atoms with van der Waals surface area (Å²) in [5.41, 5.74) is 5.62. The van der Waals surface area contributed by atoms with Gasteiger partial charge in [0.2, 0.25) is 0 Å². The van der Waals surface area contributed by atoms with E-state index in [4.69, 9.17) is 4.74 Å². The van der Waals surface area contributed by atoms with Crippen LogP contribution in [0.3, 0.4) is 0 Å². The molecule has 1 aliphatic rings. The number of hydrogen-bond acceptors (Lipinski definition) is 2. The molecule has 0 bridgehead atoms. The van der Waals surface area contributed by atoms with Gasteiger partial charge in [0.05, 0.1) is 32.8 Å². The van der Waals surface area contributed by atoms with E-state index < -0.39 is 0 Å². The summed E-state index contributed by atoms with van der Waals surface area (Å²) in [6, 6.07) is 15.2. The smallest absolute Gasteiger partial charge is 0.119 e. The fourth-order valence-corrected chi connectivity index (χ4v) is 3.48. The fourth-order valence-electron chi connectivity index (χ4n) is 3.48. The molecule has 0 atom stereocenters. The van der Waals surface area contributed by atoms with Crippen molar-refractivity contribution in [3.05, 3.63) is 59.2 Å². The highest BCUT2D eigenvalue weighted by molar-refractivity contribution is 5.56. The lowest BCUT2D eigenvalue weighted by Crippen LogP contribution is -3.13. The summed E-state index contributed by atoms with van der Waals surface area (Å²) in [6.45, 7) is 13.0. The van der Waals surface area contributed by atoms with Crippen LogP contribution in [0.5, 0.6) is 5.75 Å². The number of piperazine rings is 1. The van der Waals surface area contributed by atoms with E-state index in [1.807, 2.05) is 6.92 Å². The first-order valence-corrected chi connectivity index (χ1v) is 9.04. The first-order valence-electron chi connectivity index (χ1n) is 9.04. The number of anilines is 1. The van der Waals surface area contributed by atoms with E-state index in [1.165, 1.54) is 35.5 Å². The van der Waals surface area contributed by atoms with Crippen LogP contribution >= 0.6 is 0 Å². The van der Waals surface area contributed by atoms with Gasteiger partial charge in [-0.2, -0.15) is 0 Å². The molecule has 1 N–H and O–H groups in total. The van der Waals surface area contributed by atoms with Crippen LogP contribution < -0.4 is 14.5 Å². The fraction of sp³-hybridized carbons (Fsp3) is 0.429. The van der Waals surface area contributed by atoms with Crippen molar-refractivity contribution < 1.29 is 9.64 Å². The summed E-state index contributed by atoms with van der Waals surface area (Å²) in [5.74, 6) is 0.969. The van der Waals surface area contributed by atoms with Gasteiger partial charge in [0.15, 0.2) is 0 Å². The Balaban J connectivity index is 1.56.